The Balaban J connectivity index is 2.23. The molecule has 0 saturated heterocycles. The zero-order valence-electron chi connectivity index (χ0n) is 13.6. The number of hydrogen-bond donors (Lipinski definition) is 0. The summed E-state index contributed by atoms with van der Waals surface area (Å²) in [6.45, 7) is 4.89. The molecule has 123 valence electrons. The van der Waals surface area contributed by atoms with Crippen molar-refractivity contribution in [1.29, 1.82) is 0 Å². The van der Waals surface area contributed by atoms with Gasteiger partial charge < -0.3 is 13.9 Å². The van der Waals surface area contributed by atoms with E-state index in [0.29, 0.717) is 19.6 Å². The van der Waals surface area contributed by atoms with Crippen molar-refractivity contribution in [3.63, 3.8) is 0 Å². The van der Waals surface area contributed by atoms with Crippen LogP contribution in [-0.2, 0) is 20.3 Å². The molecule has 0 aliphatic carbocycles. The SMILES string of the molecule is CCOC(CCCCCCc1cccc(F)c1)(O[Si])OCC. The smallest absolute Gasteiger partial charge is 0.272 e. The van der Waals surface area contributed by atoms with Gasteiger partial charge in [0.2, 0.25) is 0 Å². The van der Waals surface area contributed by atoms with Crippen molar-refractivity contribution in [3.8, 4) is 0 Å². The normalized spacial score (nSPS) is 11.8. The molecule has 0 atom stereocenters. The maximum Gasteiger partial charge on any atom is 0.272 e. The second kappa shape index (κ2) is 10.9. The Morgan fingerprint density at radius 1 is 1.05 bits per heavy atom. The van der Waals surface area contributed by atoms with Crippen molar-refractivity contribution in [3.05, 3.63) is 35.6 Å². The molecule has 0 unspecified atom stereocenters. The van der Waals surface area contributed by atoms with Crippen LogP contribution in [0.1, 0.15) is 51.5 Å². The molecule has 0 saturated carbocycles. The van der Waals surface area contributed by atoms with Gasteiger partial charge in [0, 0.05) is 19.6 Å². The van der Waals surface area contributed by atoms with Gasteiger partial charge in [-0.1, -0.05) is 25.0 Å². The van der Waals surface area contributed by atoms with E-state index in [4.69, 9.17) is 13.9 Å². The first kappa shape index (κ1) is 19.3. The number of aryl methyl sites for hydroxylation is 1. The predicted octanol–water partition coefficient (Wildman–Crippen LogP) is 4.15. The van der Waals surface area contributed by atoms with Crippen molar-refractivity contribution in [2.75, 3.05) is 13.2 Å². The van der Waals surface area contributed by atoms with Gasteiger partial charge in [0.1, 0.15) is 5.82 Å². The summed E-state index contributed by atoms with van der Waals surface area (Å²) in [7, 11) is 3.06. The number of benzene rings is 1. The van der Waals surface area contributed by atoms with Crippen LogP contribution in [0, 0.1) is 5.82 Å². The fraction of sp³-hybridized carbons (Fsp3) is 0.647. The molecule has 5 heteroatoms. The van der Waals surface area contributed by atoms with Gasteiger partial charge in [-0.2, -0.15) is 0 Å². The average molecular weight is 325 g/mol. The molecule has 0 N–H and O–H groups in total. The van der Waals surface area contributed by atoms with Gasteiger partial charge in [-0.15, -0.1) is 0 Å². The molecule has 1 rings (SSSR count). The molecule has 1 aromatic carbocycles. The first-order chi connectivity index (χ1) is 10.7. The number of ether oxygens (including phenoxy) is 2. The van der Waals surface area contributed by atoms with Crippen molar-refractivity contribution in [1.82, 2.24) is 0 Å². The number of rotatable bonds is 12. The lowest BCUT2D eigenvalue weighted by molar-refractivity contribution is -0.344. The molecule has 22 heavy (non-hydrogen) atoms. The number of hydrogen-bond acceptors (Lipinski definition) is 3. The van der Waals surface area contributed by atoms with E-state index in [2.05, 4.69) is 10.5 Å². The van der Waals surface area contributed by atoms with Crippen LogP contribution in [-0.4, -0.2) is 29.7 Å². The summed E-state index contributed by atoms with van der Waals surface area (Å²) < 4.78 is 29.4. The highest BCUT2D eigenvalue weighted by atomic mass is 28.2. The Bertz CT molecular complexity index is 409. The molecule has 0 aliphatic heterocycles. The van der Waals surface area contributed by atoms with E-state index < -0.39 is 5.97 Å². The lowest BCUT2D eigenvalue weighted by atomic mass is 10.0. The van der Waals surface area contributed by atoms with E-state index in [9.17, 15) is 4.39 Å². The molecule has 0 amide bonds. The summed E-state index contributed by atoms with van der Waals surface area (Å²) in [5.41, 5.74) is 1.06. The van der Waals surface area contributed by atoms with Gasteiger partial charge in [-0.25, -0.2) is 4.39 Å². The molecule has 0 aromatic heterocycles. The van der Waals surface area contributed by atoms with Crippen LogP contribution in [0.4, 0.5) is 4.39 Å². The maximum absolute atomic E-state index is 13.1. The van der Waals surface area contributed by atoms with Crippen molar-refractivity contribution < 1.29 is 18.3 Å². The Morgan fingerprint density at radius 2 is 1.73 bits per heavy atom. The third-order valence-corrected chi connectivity index (χ3v) is 3.78. The van der Waals surface area contributed by atoms with Crippen molar-refractivity contribution in [2.24, 2.45) is 0 Å². The standard InChI is InChI=1S/C17H26FO3Si/c1-3-19-17(21-22,20-4-2)13-8-6-5-7-10-15-11-9-12-16(18)14-15/h9,11-12,14H,3-8,10,13H2,1-2H3. The van der Waals surface area contributed by atoms with E-state index in [1.165, 1.54) is 6.07 Å². The van der Waals surface area contributed by atoms with Crippen molar-refractivity contribution in [2.45, 2.75) is 58.3 Å². The molecular weight excluding hydrogens is 299 g/mol. The molecule has 3 nitrogen and oxygen atoms in total. The molecule has 0 aliphatic rings. The second-order valence-corrected chi connectivity index (χ2v) is 5.40. The van der Waals surface area contributed by atoms with Gasteiger partial charge in [-0.05, 0) is 50.8 Å². The fourth-order valence-electron chi connectivity index (χ4n) is 2.45. The van der Waals surface area contributed by atoms with Crippen LogP contribution in [0.2, 0.25) is 0 Å². The fourth-order valence-corrected chi connectivity index (χ4v) is 2.67. The zero-order chi connectivity index (χ0) is 16.3. The minimum absolute atomic E-state index is 0.162. The van der Waals surface area contributed by atoms with Gasteiger partial charge in [-0.3, -0.25) is 0 Å². The third-order valence-electron chi connectivity index (χ3n) is 3.47. The van der Waals surface area contributed by atoms with E-state index in [1.54, 1.807) is 12.1 Å². The summed E-state index contributed by atoms with van der Waals surface area (Å²) >= 11 is 0. The molecule has 0 fully saturated rings. The highest BCUT2D eigenvalue weighted by Gasteiger charge is 2.30. The molecule has 0 heterocycles. The van der Waals surface area contributed by atoms with Crippen LogP contribution in [0.5, 0.6) is 0 Å². The minimum Gasteiger partial charge on any atom is -0.371 e. The predicted molar refractivity (Wildman–Crippen MR) is 86.0 cm³/mol. The Hall–Kier alpha value is -0.753. The van der Waals surface area contributed by atoms with Crippen LogP contribution >= 0.6 is 0 Å². The van der Waals surface area contributed by atoms with E-state index in [0.717, 1.165) is 37.7 Å². The molecule has 1 aromatic rings. The summed E-state index contributed by atoms with van der Waals surface area (Å²) in [5.74, 6) is -1.15. The summed E-state index contributed by atoms with van der Waals surface area (Å²) in [5, 5.41) is 0. The largest absolute Gasteiger partial charge is 0.371 e. The molecule has 0 bridgehead atoms. The summed E-state index contributed by atoms with van der Waals surface area (Å²) in [6, 6.07) is 6.81. The van der Waals surface area contributed by atoms with Crippen molar-refractivity contribution >= 4 is 10.5 Å². The van der Waals surface area contributed by atoms with Gasteiger partial charge in [0.15, 0.2) is 0 Å². The molecular formula is C17H26FO3Si. The van der Waals surface area contributed by atoms with E-state index >= 15 is 0 Å². The van der Waals surface area contributed by atoms with E-state index in [1.807, 2.05) is 19.9 Å². The van der Waals surface area contributed by atoms with Gasteiger partial charge in [0.25, 0.3) is 16.5 Å². The lowest BCUT2D eigenvalue weighted by Crippen LogP contribution is -2.38. The van der Waals surface area contributed by atoms with E-state index in [-0.39, 0.29) is 5.82 Å². The summed E-state index contributed by atoms with van der Waals surface area (Å²) in [4.78, 5) is 0. The average Bonchev–Trinajstić information content (AvgIpc) is 2.51. The Kier molecular flexibility index (Phi) is 9.55. The lowest BCUT2D eigenvalue weighted by Gasteiger charge is -2.31. The monoisotopic (exact) mass is 325 g/mol. The maximum atomic E-state index is 13.1. The molecule has 3 radical (unpaired) electrons. The van der Waals surface area contributed by atoms with Gasteiger partial charge in [0.05, 0.1) is 0 Å². The second-order valence-electron chi connectivity index (χ2n) is 5.20. The third kappa shape index (κ3) is 7.00. The van der Waals surface area contributed by atoms with Crippen LogP contribution in [0.3, 0.4) is 0 Å². The highest BCUT2D eigenvalue weighted by molar-refractivity contribution is 5.98. The Morgan fingerprint density at radius 3 is 2.32 bits per heavy atom. The van der Waals surface area contributed by atoms with Crippen LogP contribution in [0.15, 0.2) is 24.3 Å². The quantitative estimate of drug-likeness (QED) is 0.328. The first-order valence-electron chi connectivity index (χ1n) is 8.03. The molecule has 0 spiro atoms. The summed E-state index contributed by atoms with van der Waals surface area (Å²) in [6.07, 6.45) is 5.74. The zero-order valence-corrected chi connectivity index (χ0v) is 14.6. The van der Waals surface area contributed by atoms with Gasteiger partial charge >= 0.3 is 0 Å². The van der Waals surface area contributed by atoms with Crippen LogP contribution in [0.25, 0.3) is 0 Å². The number of halogens is 1. The highest BCUT2D eigenvalue weighted by Crippen LogP contribution is 2.23. The Labute approximate surface area is 136 Å². The minimum atomic E-state index is -0.983. The number of unbranched alkanes of at least 4 members (excludes halogenated alkanes) is 3. The topological polar surface area (TPSA) is 27.7 Å². The van der Waals surface area contributed by atoms with Crippen LogP contribution < -0.4 is 0 Å². The first-order valence-corrected chi connectivity index (χ1v) is 8.43.